The summed E-state index contributed by atoms with van der Waals surface area (Å²) in [5.74, 6) is 1.33. The van der Waals surface area contributed by atoms with Crippen molar-refractivity contribution in [2.24, 2.45) is 0 Å². The fourth-order valence-corrected chi connectivity index (χ4v) is 5.60. The van der Waals surface area contributed by atoms with Gasteiger partial charge < -0.3 is 19.3 Å². The molecule has 0 N–H and O–H groups in total. The first kappa shape index (κ1) is 23.0. The van der Waals surface area contributed by atoms with Gasteiger partial charge in [0, 0.05) is 68.5 Å². The van der Waals surface area contributed by atoms with Crippen molar-refractivity contribution in [1.29, 1.82) is 0 Å². The van der Waals surface area contributed by atoms with Gasteiger partial charge in [0.25, 0.3) is 0 Å². The van der Waals surface area contributed by atoms with E-state index in [1.807, 2.05) is 41.3 Å². The number of fused-ring (bicyclic) bond motifs is 2. The van der Waals surface area contributed by atoms with Crippen LogP contribution in [0.5, 0.6) is 11.5 Å². The summed E-state index contributed by atoms with van der Waals surface area (Å²) in [7, 11) is 5.50. The summed E-state index contributed by atoms with van der Waals surface area (Å²) in [5, 5.41) is 5.64. The number of piperazine rings is 1. The number of aromatic nitrogens is 4. The van der Waals surface area contributed by atoms with Crippen LogP contribution in [-0.2, 0) is 0 Å². The van der Waals surface area contributed by atoms with Crippen LogP contribution < -0.4 is 14.4 Å². The lowest BCUT2D eigenvalue weighted by Crippen LogP contribution is -2.52. The Hall–Kier alpha value is -3.43. The van der Waals surface area contributed by atoms with E-state index in [2.05, 4.69) is 38.0 Å². The van der Waals surface area contributed by atoms with Gasteiger partial charge in [-0.2, -0.15) is 5.10 Å². The van der Waals surface area contributed by atoms with Gasteiger partial charge in [0.05, 0.1) is 44.0 Å². The highest BCUT2D eigenvalue weighted by Gasteiger charge is 2.27. The van der Waals surface area contributed by atoms with Gasteiger partial charge in [-0.05, 0) is 37.6 Å². The summed E-state index contributed by atoms with van der Waals surface area (Å²) < 4.78 is 12.9. The topological polar surface area (TPSA) is 71.3 Å². The summed E-state index contributed by atoms with van der Waals surface area (Å²) in [5.41, 5.74) is 4.77. The molecule has 0 amide bonds. The molecule has 9 heteroatoms. The van der Waals surface area contributed by atoms with Crippen LogP contribution in [0.15, 0.2) is 43.0 Å². The van der Waals surface area contributed by atoms with Gasteiger partial charge in [-0.3, -0.25) is 9.88 Å². The van der Waals surface area contributed by atoms with Crippen molar-refractivity contribution in [3.63, 3.8) is 0 Å². The number of hydrogen-bond acceptors (Lipinski definition) is 8. The van der Waals surface area contributed by atoms with Gasteiger partial charge in [-0.25, -0.2) is 9.50 Å². The smallest absolute Gasteiger partial charge is 0.162 e. The van der Waals surface area contributed by atoms with Crippen molar-refractivity contribution in [3.8, 4) is 22.6 Å². The summed E-state index contributed by atoms with van der Waals surface area (Å²) in [4.78, 5) is 16.9. The maximum absolute atomic E-state index is 5.54. The molecule has 0 atom stereocenters. The first-order valence-electron chi connectivity index (χ1n) is 12.7. The standard InChI is InChI=1S/C27H33N7O2/c1-31-10-12-33(13-11-31)19-5-8-32(9-6-19)20-16-29-27-23(17-30-34(27)18-20)21-4-7-28-24-15-26(36-3)25(35-2)14-22(21)24/h4,7,14-19H,5-6,8-13H2,1-3H3. The van der Waals surface area contributed by atoms with E-state index in [0.717, 1.165) is 46.5 Å². The van der Waals surface area contributed by atoms with Crippen molar-refractivity contribution >= 4 is 22.2 Å². The Morgan fingerprint density at radius 2 is 1.61 bits per heavy atom. The summed E-state index contributed by atoms with van der Waals surface area (Å²) in [6, 6.07) is 6.57. The van der Waals surface area contributed by atoms with Crippen LogP contribution in [0.25, 0.3) is 27.7 Å². The normalized spacial score (nSPS) is 18.2. The van der Waals surface area contributed by atoms with E-state index in [0.29, 0.717) is 17.5 Å². The molecule has 2 aliphatic rings. The second kappa shape index (κ2) is 9.55. The van der Waals surface area contributed by atoms with Crippen molar-refractivity contribution in [3.05, 3.63) is 43.0 Å². The van der Waals surface area contributed by atoms with Gasteiger partial charge in [0.2, 0.25) is 0 Å². The Morgan fingerprint density at radius 3 is 2.36 bits per heavy atom. The van der Waals surface area contributed by atoms with Gasteiger partial charge in [-0.1, -0.05) is 0 Å². The molecule has 2 aliphatic heterocycles. The zero-order valence-corrected chi connectivity index (χ0v) is 21.2. The molecule has 0 aliphatic carbocycles. The molecule has 188 valence electrons. The molecular weight excluding hydrogens is 454 g/mol. The molecule has 1 aromatic carbocycles. The highest BCUT2D eigenvalue weighted by molar-refractivity contribution is 5.99. The Balaban J connectivity index is 1.25. The van der Waals surface area contributed by atoms with Crippen molar-refractivity contribution < 1.29 is 9.47 Å². The first-order chi connectivity index (χ1) is 17.6. The fraction of sp³-hybridized carbons (Fsp3) is 0.444. The van der Waals surface area contributed by atoms with Crippen molar-refractivity contribution in [2.75, 3.05) is 65.4 Å². The minimum Gasteiger partial charge on any atom is -0.493 e. The Kier molecular flexibility index (Phi) is 6.10. The number of rotatable bonds is 5. The molecule has 2 fully saturated rings. The third-order valence-corrected chi connectivity index (χ3v) is 7.76. The quantitative estimate of drug-likeness (QED) is 0.425. The number of ether oxygens (including phenoxy) is 2. The van der Waals surface area contributed by atoms with Gasteiger partial charge >= 0.3 is 0 Å². The summed E-state index contributed by atoms with van der Waals surface area (Å²) in [6.45, 7) is 6.83. The Bertz CT molecular complexity index is 1370. The Labute approximate surface area is 211 Å². The lowest BCUT2D eigenvalue weighted by Gasteiger charge is -2.42. The lowest BCUT2D eigenvalue weighted by molar-refractivity contribution is 0.0982. The third-order valence-electron chi connectivity index (χ3n) is 7.76. The largest absolute Gasteiger partial charge is 0.493 e. The predicted octanol–water partition coefficient (Wildman–Crippen LogP) is 3.18. The van der Waals surface area contributed by atoms with E-state index in [9.17, 15) is 0 Å². The second-order valence-electron chi connectivity index (χ2n) is 9.78. The highest BCUT2D eigenvalue weighted by atomic mass is 16.5. The van der Waals surface area contributed by atoms with E-state index in [4.69, 9.17) is 14.5 Å². The summed E-state index contributed by atoms with van der Waals surface area (Å²) in [6.07, 6.45) is 10.2. The van der Waals surface area contributed by atoms with Crippen LogP contribution in [0, 0.1) is 0 Å². The zero-order valence-electron chi connectivity index (χ0n) is 21.2. The van der Waals surface area contributed by atoms with Gasteiger partial charge in [0.15, 0.2) is 17.1 Å². The van der Waals surface area contributed by atoms with Crippen LogP contribution in [-0.4, -0.2) is 96.0 Å². The molecule has 0 radical (unpaired) electrons. The first-order valence-corrected chi connectivity index (χ1v) is 12.7. The minimum atomic E-state index is 0.661. The number of nitrogens with zero attached hydrogens (tertiary/aromatic N) is 7. The number of hydrogen-bond donors (Lipinski definition) is 0. The fourth-order valence-electron chi connectivity index (χ4n) is 5.60. The zero-order chi connectivity index (χ0) is 24.6. The Morgan fingerprint density at radius 1 is 0.861 bits per heavy atom. The average Bonchev–Trinajstić information content (AvgIpc) is 3.35. The monoisotopic (exact) mass is 487 g/mol. The molecule has 0 spiro atoms. The number of benzene rings is 1. The van der Waals surface area contributed by atoms with Gasteiger partial charge in [-0.15, -0.1) is 0 Å². The molecule has 3 aromatic heterocycles. The highest BCUT2D eigenvalue weighted by Crippen LogP contribution is 2.37. The third kappa shape index (κ3) is 4.12. The molecular formula is C27H33N7O2. The molecule has 6 rings (SSSR count). The maximum Gasteiger partial charge on any atom is 0.162 e. The van der Waals surface area contributed by atoms with Crippen LogP contribution in [0.1, 0.15) is 12.8 Å². The van der Waals surface area contributed by atoms with Gasteiger partial charge in [0.1, 0.15) is 0 Å². The van der Waals surface area contributed by atoms with E-state index >= 15 is 0 Å². The van der Waals surface area contributed by atoms with E-state index in [1.54, 1.807) is 14.2 Å². The molecule has 36 heavy (non-hydrogen) atoms. The number of pyridine rings is 1. The van der Waals surface area contributed by atoms with E-state index in [-0.39, 0.29) is 0 Å². The molecule has 0 saturated carbocycles. The number of anilines is 1. The number of piperidine rings is 1. The second-order valence-corrected chi connectivity index (χ2v) is 9.78. The molecule has 0 bridgehead atoms. The maximum atomic E-state index is 5.54. The van der Waals surface area contributed by atoms with Crippen LogP contribution in [0.2, 0.25) is 0 Å². The SMILES string of the molecule is COc1cc2nccc(-c3cnn4cc(N5CCC(N6CCN(C)CC6)CC5)cnc34)c2cc1OC. The van der Waals surface area contributed by atoms with Crippen LogP contribution in [0.4, 0.5) is 5.69 Å². The number of likely N-dealkylation sites (N-methyl/N-ethyl adjacent to an activating group) is 1. The molecule has 4 aromatic rings. The van der Waals surface area contributed by atoms with Crippen molar-refractivity contribution in [1.82, 2.24) is 29.4 Å². The molecule has 5 heterocycles. The average molecular weight is 488 g/mol. The van der Waals surface area contributed by atoms with E-state index in [1.165, 1.54) is 39.0 Å². The minimum absolute atomic E-state index is 0.661. The van der Waals surface area contributed by atoms with Crippen molar-refractivity contribution in [2.45, 2.75) is 18.9 Å². The van der Waals surface area contributed by atoms with E-state index < -0.39 is 0 Å². The molecule has 9 nitrogen and oxygen atoms in total. The summed E-state index contributed by atoms with van der Waals surface area (Å²) >= 11 is 0. The number of methoxy groups -OCH3 is 2. The predicted molar refractivity (Wildman–Crippen MR) is 141 cm³/mol. The molecule has 2 saturated heterocycles. The lowest BCUT2D eigenvalue weighted by atomic mass is 10.0. The van der Waals surface area contributed by atoms with Crippen LogP contribution >= 0.6 is 0 Å². The van der Waals surface area contributed by atoms with Crippen LogP contribution in [0.3, 0.4) is 0 Å². The molecule has 0 unspecified atom stereocenters.